The topological polar surface area (TPSA) is 522 Å². The number of likely N-dealkylation sites (N-methyl/N-ethyl adjacent to an activating group) is 1. The van der Waals surface area contributed by atoms with Gasteiger partial charge in [-0.3, -0.25) is 38.4 Å². The molecule has 2 saturated heterocycles. The van der Waals surface area contributed by atoms with Crippen LogP contribution in [0.2, 0.25) is 10.0 Å². The van der Waals surface area contributed by atoms with Crippen molar-refractivity contribution in [2.24, 2.45) is 17.4 Å². The lowest BCUT2D eigenvalue weighted by molar-refractivity contribution is -0.333. The molecular weight excluding hydrogens is 1470 g/mol. The van der Waals surface area contributed by atoms with Gasteiger partial charge in [-0.15, -0.1) is 0 Å². The Kier molecular flexibility index (Phi) is 24.6. The molecule has 35 heteroatoms. The maximum Gasteiger partial charge on any atom is 0.248 e. The Bertz CT molecular complexity index is 4460. The number of nitrogens with two attached hydrogens (primary N) is 2. The van der Waals surface area contributed by atoms with E-state index in [1.807, 2.05) is 13.8 Å². The van der Waals surface area contributed by atoms with Gasteiger partial charge in [-0.2, -0.15) is 0 Å². The van der Waals surface area contributed by atoms with Gasteiger partial charge in [-0.25, -0.2) is 0 Å². The van der Waals surface area contributed by atoms with Crippen molar-refractivity contribution in [3.63, 3.8) is 0 Å². The third-order valence-corrected chi connectivity index (χ3v) is 19.9. The second-order valence-corrected chi connectivity index (χ2v) is 28.7. The number of aliphatic hydroxyl groups is 6. The van der Waals surface area contributed by atoms with E-state index in [2.05, 4.69) is 42.5 Å². The van der Waals surface area contributed by atoms with Crippen LogP contribution in [0.4, 0.5) is 0 Å². The molecule has 7 aliphatic rings. The summed E-state index contributed by atoms with van der Waals surface area (Å²) in [4.78, 5) is 120. The lowest BCUT2D eigenvalue weighted by atomic mass is 9.86. The molecule has 6 aromatic carbocycles. The van der Waals surface area contributed by atoms with E-state index < -0.39 is 220 Å². The van der Waals surface area contributed by atoms with Crippen LogP contribution >= 0.6 is 23.2 Å². The minimum Gasteiger partial charge on any atom is -0.508 e. The van der Waals surface area contributed by atoms with Crippen molar-refractivity contribution in [2.45, 2.75) is 163 Å². The second kappa shape index (κ2) is 33.5. The van der Waals surface area contributed by atoms with Crippen molar-refractivity contribution in [2.75, 3.05) is 20.2 Å². The van der Waals surface area contributed by atoms with Gasteiger partial charge in [0.1, 0.15) is 95.5 Å². The van der Waals surface area contributed by atoms with Crippen LogP contribution < -0.4 is 68.2 Å². The number of primary amides is 1. The first-order valence-electron chi connectivity index (χ1n) is 34.8. The number of phenolic OH excluding ortho intramolecular Hbond substituents is 3. The fraction of sp³-hybridized carbons (Fsp3) is 0.405. The molecule has 33 nitrogen and oxygen atoms in total. The van der Waals surface area contributed by atoms with Gasteiger partial charge < -0.3 is 128 Å². The molecule has 6 aromatic rings. The van der Waals surface area contributed by atoms with Gasteiger partial charge in [0.15, 0.2) is 23.9 Å². The lowest BCUT2D eigenvalue weighted by Gasteiger charge is -2.47. The number of nitrogens with one attached hydrogen (secondary N) is 8. The van der Waals surface area contributed by atoms with Crippen LogP contribution in [0, 0.1) is 5.92 Å². The predicted octanol–water partition coefficient (Wildman–Crippen LogP) is 1.38. The number of hydrogen-bond donors (Lipinski definition) is 19. The monoisotopic (exact) mass is 1550 g/mol. The molecule has 0 radical (unpaired) electrons. The maximum absolute atomic E-state index is 16.2. The number of aromatic hydroxyl groups is 3. The molecule has 11 bridgehead atoms. The number of aliphatic hydroxyl groups excluding tert-OH is 6. The maximum atomic E-state index is 16.2. The van der Waals surface area contributed by atoms with Crippen LogP contribution in [0.1, 0.15) is 111 Å². The fourth-order valence-corrected chi connectivity index (χ4v) is 14.0. The quantitative estimate of drug-likeness (QED) is 0.0651. The highest BCUT2D eigenvalue weighted by Gasteiger charge is 2.52. The van der Waals surface area contributed by atoms with Crippen molar-refractivity contribution in [1.82, 2.24) is 42.5 Å². The van der Waals surface area contributed by atoms with E-state index in [9.17, 15) is 65.1 Å². The van der Waals surface area contributed by atoms with Crippen LogP contribution in [0.15, 0.2) is 109 Å². The molecule has 0 aromatic heterocycles. The SMILES string of the molecule is CN[C@H](CC(C)C)C(=O)N[C@H]1C(=O)N[C@@H](CC(N)=O)C(=O)N[C@H]2C(=O)N[C@H]3C(=O)N[C@H](C(=O)N[C@H](C(=O)NCCc4ccccc4)c4cc(O)cc(O)c4-c4cc3ccc4O)[C@H](O)c3ccc(c(Cl)c3)Oc3cc2cc(c3O[C@@H]2O[C@H](CO)[C@@H](O)[C@H](O)[C@H]2O[C@H]2C[C@](C)(N)[C@@H](O)[C@H](C)O2)Oc2ccc(cc2Cl)[C@H]1O. The average molecular weight is 1550 g/mol. The van der Waals surface area contributed by atoms with E-state index in [0.29, 0.717) is 0 Å². The predicted molar refractivity (Wildman–Crippen MR) is 385 cm³/mol. The molecule has 2 fully saturated rings. The molecular formula is C74H84Cl2N10O23. The lowest BCUT2D eigenvalue weighted by Crippen LogP contribution is -2.64. The van der Waals surface area contributed by atoms with E-state index in [1.54, 1.807) is 30.3 Å². The Morgan fingerprint density at radius 1 is 0.697 bits per heavy atom. The van der Waals surface area contributed by atoms with Gasteiger partial charge in [0.05, 0.1) is 41.3 Å². The standard InChI is InChI=1S/C74H84Cl2N10O23/c1-30(2)19-42(79-5)66(97)85-57-59(92)34-12-15-46(40(75)21-34)105-48-23-36-24-49(63(48)109-73-64(62(95)61(94)50(29-87)107-73)108-52-28-74(4,78)65(96)31(3)104-52)106-47-16-13-35(22-41(47)76)60(93)58-72(103)84-56(68(99)80-18-17-32-9-7-6-8-10-32)39-25-37(88)26-45(90)53(39)38-20-33(11-14-44(38)89)54(69(100)86-58)83-70(101)55(36)82-67(98)43(27-51(77)91)81-71(57)102/h6-16,20-26,30-31,42-43,50,52,54-62,64-65,73,79,87-90,92-96H,17-19,27-29,78H2,1-5H3,(H2,77,91)(H,80,99)(H,81,102)(H,82,98)(H,83,101)(H,84,103)(H,85,97)(H,86,100)/t31-,42+,43-,50+,52-,54+,55+,56-,57+,58-,59+,60+,61+,62-,64+,65-,73-,74-/m0/s1. The Labute approximate surface area is 632 Å². The molecule has 7 aliphatic heterocycles. The highest BCUT2D eigenvalue weighted by molar-refractivity contribution is 6.32. The molecule has 0 saturated carbocycles. The van der Waals surface area contributed by atoms with E-state index >= 15 is 19.2 Å². The third kappa shape index (κ3) is 17.7. The minimum absolute atomic E-state index is 0.0551. The summed E-state index contributed by atoms with van der Waals surface area (Å²) in [6.45, 7) is 5.64. The summed E-state index contributed by atoms with van der Waals surface area (Å²) in [6, 6.07) is 9.38. The van der Waals surface area contributed by atoms with Crippen molar-refractivity contribution in [1.29, 1.82) is 0 Å². The van der Waals surface area contributed by atoms with Gasteiger partial charge in [-0.1, -0.05) is 85.6 Å². The summed E-state index contributed by atoms with van der Waals surface area (Å²) < 4.78 is 38.6. The van der Waals surface area contributed by atoms with Crippen molar-refractivity contribution < 1.29 is 113 Å². The number of halogens is 2. The first-order valence-corrected chi connectivity index (χ1v) is 35.5. The number of amides is 8. The van der Waals surface area contributed by atoms with Gasteiger partial charge in [0.25, 0.3) is 0 Å². The second-order valence-electron chi connectivity index (χ2n) is 27.9. The number of rotatable bonds is 16. The smallest absolute Gasteiger partial charge is 0.248 e. The first kappa shape index (κ1) is 80.0. The molecule has 0 spiro atoms. The van der Waals surface area contributed by atoms with Gasteiger partial charge >= 0.3 is 0 Å². The number of carbonyl (C=O) groups excluding carboxylic acids is 8. The van der Waals surface area contributed by atoms with Crippen LogP contribution in [0.25, 0.3) is 11.1 Å². The van der Waals surface area contributed by atoms with Crippen molar-refractivity contribution in [3.8, 4) is 57.1 Å². The zero-order valence-electron chi connectivity index (χ0n) is 59.2. The third-order valence-electron chi connectivity index (χ3n) is 19.3. The largest absolute Gasteiger partial charge is 0.508 e. The van der Waals surface area contributed by atoms with Gasteiger partial charge in [0.2, 0.25) is 59.3 Å². The number of fused-ring (bicyclic) bond motifs is 15. The average Bonchev–Trinajstić information content (AvgIpc) is 0.768. The van der Waals surface area contributed by atoms with E-state index in [-0.39, 0.29) is 76.1 Å². The molecule has 582 valence electrons. The molecule has 0 aliphatic carbocycles. The first-order chi connectivity index (χ1) is 51.7. The zero-order valence-corrected chi connectivity index (χ0v) is 60.7. The molecule has 8 amide bonds. The van der Waals surface area contributed by atoms with Crippen LogP contribution in [0.5, 0.6) is 46.0 Å². The van der Waals surface area contributed by atoms with Crippen LogP contribution in [-0.4, -0.2) is 192 Å². The Morgan fingerprint density at radius 2 is 1.32 bits per heavy atom. The Morgan fingerprint density at radius 3 is 1.94 bits per heavy atom. The van der Waals surface area contributed by atoms with Gasteiger partial charge in [-0.05, 0) is 128 Å². The highest BCUT2D eigenvalue weighted by atomic mass is 35.5. The summed E-state index contributed by atoms with van der Waals surface area (Å²) in [5, 5.41) is 125. The zero-order chi connectivity index (χ0) is 78.8. The van der Waals surface area contributed by atoms with E-state index in [0.717, 1.165) is 66.2 Å². The fourth-order valence-electron chi connectivity index (χ4n) is 13.6. The summed E-state index contributed by atoms with van der Waals surface area (Å²) in [5.74, 6) is -14.6. The van der Waals surface area contributed by atoms with E-state index in [4.69, 9.17) is 63.1 Å². The van der Waals surface area contributed by atoms with Crippen LogP contribution in [0.3, 0.4) is 0 Å². The molecule has 7 heterocycles. The molecule has 18 atom stereocenters. The normalized spacial score (nSPS) is 28.1. The summed E-state index contributed by atoms with van der Waals surface area (Å²) in [6.07, 6.45) is -18.2. The van der Waals surface area contributed by atoms with Gasteiger partial charge in [0, 0.05) is 35.7 Å². The highest BCUT2D eigenvalue weighted by Crippen LogP contribution is 2.50. The van der Waals surface area contributed by atoms with Crippen molar-refractivity contribution in [3.05, 3.63) is 153 Å². The van der Waals surface area contributed by atoms with E-state index in [1.165, 1.54) is 39.1 Å². The number of carbonyl (C=O) groups is 8. The summed E-state index contributed by atoms with van der Waals surface area (Å²) in [5.41, 5.74) is 9.43. The molecule has 21 N–H and O–H groups in total. The summed E-state index contributed by atoms with van der Waals surface area (Å²) >= 11 is 14.3. The van der Waals surface area contributed by atoms with Crippen molar-refractivity contribution >= 4 is 70.5 Å². The number of ether oxygens (including phenoxy) is 6. The Balaban J connectivity index is 1.14. The number of hydrogen-bond acceptors (Lipinski definition) is 25. The molecule has 0 unspecified atom stereocenters. The molecule has 13 rings (SSSR count). The van der Waals surface area contributed by atoms with Crippen LogP contribution in [-0.2, 0) is 59.0 Å². The number of phenols is 3. The molecule has 109 heavy (non-hydrogen) atoms. The number of benzene rings is 6. The summed E-state index contributed by atoms with van der Waals surface area (Å²) in [7, 11) is 1.48. The minimum atomic E-state index is -2.34. The Hall–Kier alpha value is -9.98.